The van der Waals surface area contributed by atoms with Gasteiger partial charge in [0, 0.05) is 38.4 Å². The number of Topliss-reactive ketones (excluding diaryl/α,β-unsaturated/α-hetero) is 1. The van der Waals surface area contributed by atoms with E-state index < -0.39 is 0 Å². The van der Waals surface area contributed by atoms with E-state index in [0.717, 1.165) is 12.1 Å². The molecular weight excluding hydrogens is 214 g/mol. The summed E-state index contributed by atoms with van der Waals surface area (Å²) in [7, 11) is 1.66. The van der Waals surface area contributed by atoms with Crippen LogP contribution in [0.2, 0.25) is 0 Å². The van der Waals surface area contributed by atoms with Crippen molar-refractivity contribution >= 4 is 5.78 Å². The second kappa shape index (κ2) is 7.17. The maximum atomic E-state index is 11.8. The predicted octanol–water partition coefficient (Wildman–Crippen LogP) is 2.43. The van der Waals surface area contributed by atoms with Crippen LogP contribution in [0.15, 0.2) is 18.3 Å². The van der Waals surface area contributed by atoms with Gasteiger partial charge >= 0.3 is 0 Å². The highest BCUT2D eigenvalue weighted by atomic mass is 16.5. The third-order valence-electron chi connectivity index (χ3n) is 2.70. The predicted molar refractivity (Wildman–Crippen MR) is 68.0 cm³/mol. The number of hydrogen-bond acceptors (Lipinski definition) is 3. The lowest BCUT2D eigenvalue weighted by Crippen LogP contribution is -2.13. The van der Waals surface area contributed by atoms with Gasteiger partial charge < -0.3 is 4.74 Å². The van der Waals surface area contributed by atoms with Gasteiger partial charge in [0.1, 0.15) is 5.78 Å². The molecule has 94 valence electrons. The number of ether oxygens (including phenoxy) is 1. The van der Waals surface area contributed by atoms with E-state index in [4.69, 9.17) is 4.74 Å². The van der Waals surface area contributed by atoms with Crippen LogP contribution in [0.4, 0.5) is 0 Å². The van der Waals surface area contributed by atoms with E-state index in [1.165, 1.54) is 5.56 Å². The van der Waals surface area contributed by atoms with Crippen molar-refractivity contribution in [2.24, 2.45) is 5.92 Å². The van der Waals surface area contributed by atoms with Crippen molar-refractivity contribution < 1.29 is 9.53 Å². The first-order chi connectivity index (χ1) is 8.15. The smallest absolute Gasteiger partial charge is 0.139 e. The Morgan fingerprint density at radius 2 is 2.24 bits per heavy atom. The van der Waals surface area contributed by atoms with Gasteiger partial charge in [0.15, 0.2) is 0 Å². The molecule has 0 N–H and O–H groups in total. The van der Waals surface area contributed by atoms with Gasteiger partial charge in [-0.3, -0.25) is 9.78 Å². The molecule has 3 heteroatoms. The van der Waals surface area contributed by atoms with E-state index in [2.05, 4.69) is 11.9 Å². The van der Waals surface area contributed by atoms with Gasteiger partial charge in [-0.2, -0.15) is 0 Å². The van der Waals surface area contributed by atoms with Gasteiger partial charge in [-0.15, -0.1) is 0 Å². The second-order valence-corrected chi connectivity index (χ2v) is 4.49. The number of rotatable bonds is 7. The summed E-state index contributed by atoms with van der Waals surface area (Å²) in [5.74, 6) is 0.508. The Kier molecular flexibility index (Phi) is 5.84. The lowest BCUT2D eigenvalue weighted by atomic mass is 10.0. The molecule has 0 amide bonds. The monoisotopic (exact) mass is 235 g/mol. The van der Waals surface area contributed by atoms with Crippen molar-refractivity contribution in [3.63, 3.8) is 0 Å². The lowest BCUT2D eigenvalue weighted by molar-refractivity contribution is -0.119. The molecule has 3 nitrogen and oxygen atoms in total. The average molecular weight is 235 g/mol. The SMILES string of the molecule is CCc1ccc(CC(=O)CC(C)COC)nc1. The molecule has 1 rings (SSSR count). The summed E-state index contributed by atoms with van der Waals surface area (Å²) in [5, 5.41) is 0. The van der Waals surface area contributed by atoms with Crippen molar-refractivity contribution in [1.82, 2.24) is 4.98 Å². The van der Waals surface area contributed by atoms with E-state index in [0.29, 0.717) is 19.4 Å². The first kappa shape index (κ1) is 13.8. The number of carbonyl (C=O) groups is 1. The minimum absolute atomic E-state index is 0.228. The van der Waals surface area contributed by atoms with E-state index in [1.54, 1.807) is 7.11 Å². The van der Waals surface area contributed by atoms with Crippen LogP contribution in [-0.2, 0) is 22.4 Å². The minimum atomic E-state index is 0.228. The number of hydrogen-bond donors (Lipinski definition) is 0. The minimum Gasteiger partial charge on any atom is -0.384 e. The van der Waals surface area contributed by atoms with Crippen LogP contribution in [-0.4, -0.2) is 24.5 Å². The largest absolute Gasteiger partial charge is 0.384 e. The molecule has 0 saturated carbocycles. The van der Waals surface area contributed by atoms with Crippen LogP contribution >= 0.6 is 0 Å². The normalized spacial score (nSPS) is 12.4. The molecule has 17 heavy (non-hydrogen) atoms. The molecule has 0 fully saturated rings. The summed E-state index contributed by atoms with van der Waals surface area (Å²) in [6.07, 6.45) is 3.82. The topological polar surface area (TPSA) is 39.2 Å². The number of carbonyl (C=O) groups excluding carboxylic acids is 1. The number of methoxy groups -OCH3 is 1. The van der Waals surface area contributed by atoms with Gasteiger partial charge in [0.2, 0.25) is 0 Å². The van der Waals surface area contributed by atoms with Crippen molar-refractivity contribution in [2.45, 2.75) is 33.1 Å². The summed E-state index contributed by atoms with van der Waals surface area (Å²) in [4.78, 5) is 16.0. The Morgan fingerprint density at radius 1 is 1.47 bits per heavy atom. The number of nitrogens with zero attached hydrogens (tertiary/aromatic N) is 1. The van der Waals surface area contributed by atoms with Crippen molar-refractivity contribution in [3.05, 3.63) is 29.6 Å². The first-order valence-corrected chi connectivity index (χ1v) is 6.10. The number of pyridine rings is 1. The molecular formula is C14H21NO2. The Bertz CT molecular complexity index is 346. The maximum Gasteiger partial charge on any atom is 0.139 e. The molecule has 0 saturated heterocycles. The van der Waals surface area contributed by atoms with Gasteiger partial charge in [-0.25, -0.2) is 0 Å². The fourth-order valence-electron chi connectivity index (χ4n) is 1.78. The Balaban J connectivity index is 2.44. The summed E-state index contributed by atoms with van der Waals surface area (Å²) >= 11 is 0. The van der Waals surface area contributed by atoms with Crippen LogP contribution in [0.25, 0.3) is 0 Å². The molecule has 0 aromatic carbocycles. The molecule has 1 aromatic heterocycles. The molecule has 1 atom stereocenters. The molecule has 0 aliphatic heterocycles. The van der Waals surface area contributed by atoms with Crippen LogP contribution in [0.1, 0.15) is 31.5 Å². The maximum absolute atomic E-state index is 11.8. The molecule has 1 aromatic rings. The molecule has 1 unspecified atom stereocenters. The number of ketones is 1. The summed E-state index contributed by atoms with van der Waals surface area (Å²) in [6, 6.07) is 3.98. The van der Waals surface area contributed by atoms with E-state index in [1.807, 2.05) is 25.3 Å². The van der Waals surface area contributed by atoms with Crippen LogP contribution in [0.5, 0.6) is 0 Å². The van der Waals surface area contributed by atoms with Gasteiger partial charge in [0.25, 0.3) is 0 Å². The highest BCUT2D eigenvalue weighted by molar-refractivity contribution is 5.80. The molecule has 1 heterocycles. The van der Waals surface area contributed by atoms with E-state index in [-0.39, 0.29) is 11.7 Å². The highest BCUT2D eigenvalue weighted by Gasteiger charge is 2.10. The molecule has 0 radical (unpaired) electrons. The van der Waals surface area contributed by atoms with Crippen molar-refractivity contribution in [1.29, 1.82) is 0 Å². The summed E-state index contributed by atoms with van der Waals surface area (Å²) in [6.45, 7) is 4.75. The lowest BCUT2D eigenvalue weighted by Gasteiger charge is -2.08. The fraction of sp³-hybridized carbons (Fsp3) is 0.571. The standard InChI is InChI=1S/C14H21NO2/c1-4-12-5-6-13(15-9-12)8-14(16)7-11(2)10-17-3/h5-6,9,11H,4,7-8,10H2,1-3H3. The third-order valence-corrected chi connectivity index (χ3v) is 2.70. The Hall–Kier alpha value is -1.22. The fourth-order valence-corrected chi connectivity index (χ4v) is 1.78. The summed E-state index contributed by atoms with van der Waals surface area (Å²) < 4.78 is 5.02. The third kappa shape index (κ3) is 5.09. The Morgan fingerprint density at radius 3 is 2.76 bits per heavy atom. The first-order valence-electron chi connectivity index (χ1n) is 6.10. The van der Waals surface area contributed by atoms with Crippen LogP contribution in [0.3, 0.4) is 0 Å². The van der Waals surface area contributed by atoms with Crippen molar-refractivity contribution in [3.8, 4) is 0 Å². The highest BCUT2D eigenvalue weighted by Crippen LogP contribution is 2.07. The zero-order chi connectivity index (χ0) is 12.7. The second-order valence-electron chi connectivity index (χ2n) is 4.49. The quantitative estimate of drug-likeness (QED) is 0.728. The van der Waals surface area contributed by atoms with Gasteiger partial charge in [-0.05, 0) is 24.0 Å². The summed E-state index contributed by atoms with van der Waals surface area (Å²) in [5.41, 5.74) is 2.06. The van der Waals surface area contributed by atoms with E-state index in [9.17, 15) is 4.79 Å². The number of aromatic nitrogens is 1. The molecule has 0 aliphatic carbocycles. The van der Waals surface area contributed by atoms with Crippen LogP contribution in [0, 0.1) is 5.92 Å². The molecule has 0 aliphatic rings. The zero-order valence-corrected chi connectivity index (χ0v) is 10.9. The van der Waals surface area contributed by atoms with E-state index >= 15 is 0 Å². The van der Waals surface area contributed by atoms with Crippen molar-refractivity contribution in [2.75, 3.05) is 13.7 Å². The van der Waals surface area contributed by atoms with Crippen LogP contribution < -0.4 is 0 Å². The molecule has 0 spiro atoms. The van der Waals surface area contributed by atoms with Gasteiger partial charge in [-0.1, -0.05) is 19.9 Å². The van der Waals surface area contributed by atoms with Gasteiger partial charge in [0.05, 0.1) is 0 Å². The Labute approximate surface area is 103 Å². The molecule has 0 bridgehead atoms. The number of aryl methyl sites for hydroxylation is 1. The average Bonchev–Trinajstić information content (AvgIpc) is 2.30. The zero-order valence-electron chi connectivity index (χ0n) is 10.9.